The molecule has 150 valence electrons. The van der Waals surface area contributed by atoms with E-state index in [0.717, 1.165) is 16.1 Å². The van der Waals surface area contributed by atoms with Gasteiger partial charge in [-0.15, -0.1) is 11.3 Å². The number of hydrogen-bond donors (Lipinski definition) is 1. The molecule has 0 aliphatic heterocycles. The molecule has 6 nitrogen and oxygen atoms in total. The number of nitrogens with zero attached hydrogens (tertiary/aromatic N) is 2. The highest BCUT2D eigenvalue weighted by Gasteiger charge is 2.19. The summed E-state index contributed by atoms with van der Waals surface area (Å²) in [6.45, 7) is 6.25. The first-order valence-corrected chi connectivity index (χ1v) is 11.5. The van der Waals surface area contributed by atoms with Gasteiger partial charge in [0.05, 0.1) is 10.6 Å². The fraction of sp³-hybridized carbons (Fsp3) is 0.350. The lowest BCUT2D eigenvalue weighted by molar-refractivity contribution is 0.581. The van der Waals surface area contributed by atoms with Crippen LogP contribution in [0, 0.1) is 6.92 Å². The van der Waals surface area contributed by atoms with Gasteiger partial charge in [0, 0.05) is 29.7 Å². The van der Waals surface area contributed by atoms with Crippen LogP contribution >= 0.6 is 11.3 Å². The number of benzene rings is 1. The summed E-state index contributed by atoms with van der Waals surface area (Å²) in [5.74, 6) is 0.118. The van der Waals surface area contributed by atoms with Gasteiger partial charge >= 0.3 is 0 Å². The maximum Gasteiger partial charge on any atom is 0.275 e. The van der Waals surface area contributed by atoms with E-state index in [9.17, 15) is 13.2 Å². The van der Waals surface area contributed by atoms with Gasteiger partial charge in [0.1, 0.15) is 0 Å². The van der Waals surface area contributed by atoms with E-state index in [1.165, 1.54) is 12.1 Å². The van der Waals surface area contributed by atoms with Crippen LogP contribution < -0.4 is 10.3 Å². The highest BCUT2D eigenvalue weighted by Crippen LogP contribution is 2.19. The molecule has 0 bridgehead atoms. The SMILES string of the molecule is Cc1c(C(C)C)c(=O)n(-c2ccc(S(=O)(=O)NCCc3cccs3)cc2)n1C. The second kappa shape index (κ2) is 8.06. The van der Waals surface area contributed by atoms with E-state index in [1.54, 1.807) is 32.8 Å². The molecule has 0 saturated heterocycles. The molecule has 1 aromatic carbocycles. The Kier molecular flexibility index (Phi) is 5.92. The number of nitrogens with one attached hydrogen (secondary N) is 1. The minimum absolute atomic E-state index is 0.0697. The van der Waals surface area contributed by atoms with Crippen LogP contribution in [0.3, 0.4) is 0 Å². The van der Waals surface area contributed by atoms with Crippen molar-refractivity contribution < 1.29 is 8.42 Å². The Labute approximate surface area is 169 Å². The molecule has 0 atom stereocenters. The number of aromatic nitrogens is 2. The lowest BCUT2D eigenvalue weighted by atomic mass is 10.0. The first-order chi connectivity index (χ1) is 13.2. The van der Waals surface area contributed by atoms with Crippen LogP contribution in [0.15, 0.2) is 51.5 Å². The minimum atomic E-state index is -3.59. The third-order valence-electron chi connectivity index (χ3n) is 4.81. The molecule has 0 amide bonds. The molecule has 0 aliphatic carbocycles. The van der Waals surface area contributed by atoms with Crippen molar-refractivity contribution in [3.8, 4) is 5.69 Å². The van der Waals surface area contributed by atoms with Crippen molar-refractivity contribution in [3.63, 3.8) is 0 Å². The van der Waals surface area contributed by atoms with Gasteiger partial charge in [-0.1, -0.05) is 19.9 Å². The Bertz CT molecular complexity index is 1110. The van der Waals surface area contributed by atoms with Gasteiger partial charge in [0.25, 0.3) is 5.56 Å². The topological polar surface area (TPSA) is 73.1 Å². The van der Waals surface area contributed by atoms with Gasteiger partial charge in [0.15, 0.2) is 0 Å². The molecule has 2 aromatic heterocycles. The predicted octanol–water partition coefficient (Wildman–Crippen LogP) is 3.19. The normalized spacial score (nSPS) is 12.0. The standard InChI is InChI=1S/C20H25N3O3S2/c1-14(2)19-15(3)22(4)23(20(19)24)16-7-9-18(10-8-16)28(25,26)21-12-11-17-6-5-13-27-17/h5-10,13-14,21H,11-12H2,1-4H3. The van der Waals surface area contributed by atoms with Crippen molar-refractivity contribution in [2.75, 3.05) is 6.54 Å². The van der Waals surface area contributed by atoms with E-state index in [1.807, 2.05) is 45.3 Å². The van der Waals surface area contributed by atoms with E-state index in [0.29, 0.717) is 18.7 Å². The molecular formula is C20H25N3O3S2. The zero-order valence-corrected chi connectivity index (χ0v) is 18.1. The van der Waals surface area contributed by atoms with Gasteiger partial charge in [-0.2, -0.15) is 0 Å². The van der Waals surface area contributed by atoms with Crippen LogP contribution in [0.1, 0.15) is 35.9 Å². The Morgan fingerprint density at radius 3 is 2.36 bits per heavy atom. The summed E-state index contributed by atoms with van der Waals surface area (Å²) in [6.07, 6.45) is 0.658. The highest BCUT2D eigenvalue weighted by atomic mass is 32.2. The third kappa shape index (κ3) is 3.99. The van der Waals surface area contributed by atoms with Gasteiger partial charge in [-0.05, 0) is 55.0 Å². The Morgan fingerprint density at radius 2 is 1.82 bits per heavy atom. The van der Waals surface area contributed by atoms with Crippen LogP contribution in [0.4, 0.5) is 0 Å². The molecule has 0 aliphatic rings. The molecule has 28 heavy (non-hydrogen) atoms. The second-order valence-electron chi connectivity index (χ2n) is 7.02. The molecule has 0 saturated carbocycles. The predicted molar refractivity (Wildman–Crippen MR) is 113 cm³/mol. The molecule has 1 N–H and O–H groups in total. The lowest BCUT2D eigenvalue weighted by Crippen LogP contribution is -2.26. The molecule has 0 spiro atoms. The quantitative estimate of drug-likeness (QED) is 0.639. The molecule has 3 aromatic rings. The van der Waals surface area contributed by atoms with Gasteiger partial charge in [0.2, 0.25) is 10.0 Å². The molecule has 8 heteroatoms. The maximum absolute atomic E-state index is 12.8. The maximum atomic E-state index is 12.8. The van der Waals surface area contributed by atoms with Crippen LogP contribution in [-0.2, 0) is 23.5 Å². The fourth-order valence-corrected chi connectivity index (χ4v) is 5.04. The minimum Gasteiger partial charge on any atom is -0.285 e. The van der Waals surface area contributed by atoms with Crippen LogP contribution in [0.5, 0.6) is 0 Å². The smallest absolute Gasteiger partial charge is 0.275 e. The van der Waals surface area contributed by atoms with E-state index in [4.69, 9.17) is 0 Å². The van der Waals surface area contributed by atoms with Crippen LogP contribution in [0.2, 0.25) is 0 Å². The lowest BCUT2D eigenvalue weighted by Gasteiger charge is -2.10. The summed E-state index contributed by atoms with van der Waals surface area (Å²) < 4.78 is 31.0. The highest BCUT2D eigenvalue weighted by molar-refractivity contribution is 7.89. The van der Waals surface area contributed by atoms with Crippen molar-refractivity contribution in [1.29, 1.82) is 0 Å². The number of sulfonamides is 1. The fourth-order valence-electron chi connectivity index (χ4n) is 3.30. The molecule has 0 unspecified atom stereocenters. The Hall–Kier alpha value is -2.16. The van der Waals surface area contributed by atoms with Crippen molar-refractivity contribution >= 4 is 21.4 Å². The van der Waals surface area contributed by atoms with Crippen LogP contribution in [-0.4, -0.2) is 24.3 Å². The average molecular weight is 420 g/mol. The van der Waals surface area contributed by atoms with Crippen molar-refractivity contribution in [3.05, 3.63) is 68.3 Å². The molecule has 3 rings (SSSR count). The largest absolute Gasteiger partial charge is 0.285 e. The van der Waals surface area contributed by atoms with Crippen molar-refractivity contribution in [1.82, 2.24) is 14.1 Å². The van der Waals surface area contributed by atoms with Crippen LogP contribution in [0.25, 0.3) is 5.69 Å². The summed E-state index contributed by atoms with van der Waals surface area (Å²) in [5.41, 5.74) is 2.25. The van der Waals surface area contributed by atoms with E-state index in [2.05, 4.69) is 4.72 Å². The summed E-state index contributed by atoms with van der Waals surface area (Å²) in [4.78, 5) is 14.1. The molecule has 0 fully saturated rings. The third-order valence-corrected chi connectivity index (χ3v) is 7.22. The van der Waals surface area contributed by atoms with E-state index >= 15 is 0 Å². The van der Waals surface area contributed by atoms with Gasteiger partial charge in [-0.25, -0.2) is 17.8 Å². The zero-order valence-electron chi connectivity index (χ0n) is 16.5. The molecule has 0 radical (unpaired) electrons. The van der Waals surface area contributed by atoms with Gasteiger partial charge < -0.3 is 0 Å². The Balaban J connectivity index is 1.82. The summed E-state index contributed by atoms with van der Waals surface area (Å²) >= 11 is 1.61. The monoisotopic (exact) mass is 419 g/mol. The average Bonchev–Trinajstić information content (AvgIpc) is 3.22. The van der Waals surface area contributed by atoms with E-state index in [-0.39, 0.29) is 16.4 Å². The first kappa shape index (κ1) is 20.6. The Morgan fingerprint density at radius 1 is 1.14 bits per heavy atom. The number of hydrogen-bond acceptors (Lipinski definition) is 4. The molecule has 2 heterocycles. The summed E-state index contributed by atoms with van der Waals surface area (Å²) in [5, 5.41) is 1.97. The number of thiophene rings is 1. The second-order valence-corrected chi connectivity index (χ2v) is 9.81. The summed E-state index contributed by atoms with van der Waals surface area (Å²) in [6, 6.07) is 10.3. The van der Waals surface area contributed by atoms with E-state index < -0.39 is 10.0 Å². The number of rotatable bonds is 7. The zero-order chi connectivity index (χ0) is 20.5. The first-order valence-electron chi connectivity index (χ1n) is 9.13. The van der Waals surface area contributed by atoms with Gasteiger partial charge in [-0.3, -0.25) is 9.48 Å². The van der Waals surface area contributed by atoms with Crippen molar-refractivity contribution in [2.45, 2.75) is 38.0 Å². The van der Waals surface area contributed by atoms with Crippen molar-refractivity contribution in [2.24, 2.45) is 7.05 Å². The summed E-state index contributed by atoms with van der Waals surface area (Å²) in [7, 11) is -1.76. The molecular weight excluding hydrogens is 394 g/mol.